The lowest BCUT2D eigenvalue weighted by atomic mass is 10.1. The van der Waals surface area contributed by atoms with Crippen LogP contribution in [0.2, 0.25) is 0 Å². The Hall–Kier alpha value is -0.810. The Morgan fingerprint density at radius 2 is 2.00 bits per heavy atom. The van der Waals surface area contributed by atoms with Gasteiger partial charge in [-0.3, -0.25) is 0 Å². The maximum Gasteiger partial charge on any atom is 0.410 e. The fraction of sp³-hybridized carbons (Fsp3) is 0.923. The van der Waals surface area contributed by atoms with Crippen LogP contribution in [0.1, 0.15) is 40.0 Å². The van der Waals surface area contributed by atoms with E-state index in [1.165, 1.54) is 0 Å². The molecule has 0 saturated carbocycles. The van der Waals surface area contributed by atoms with Gasteiger partial charge in [0.15, 0.2) is 0 Å². The van der Waals surface area contributed by atoms with Crippen molar-refractivity contribution in [3.05, 3.63) is 0 Å². The molecule has 0 spiro atoms. The van der Waals surface area contributed by atoms with Gasteiger partial charge >= 0.3 is 6.09 Å². The van der Waals surface area contributed by atoms with E-state index in [0.29, 0.717) is 0 Å². The maximum atomic E-state index is 12.0. The predicted molar refractivity (Wildman–Crippen MR) is 70.2 cm³/mol. The average molecular weight is 258 g/mol. The number of hydrogen-bond donors (Lipinski definition) is 0. The van der Waals surface area contributed by atoms with Gasteiger partial charge in [-0.25, -0.2) is 4.79 Å². The monoisotopic (exact) mass is 258 g/mol. The van der Waals surface area contributed by atoms with Gasteiger partial charge in [-0.1, -0.05) is 0 Å². The number of hydroxylamine groups is 2. The van der Waals surface area contributed by atoms with Crippen molar-refractivity contribution in [1.82, 2.24) is 9.96 Å². The lowest BCUT2D eigenvalue weighted by molar-refractivity contribution is -0.136. The first kappa shape index (κ1) is 15.2. The van der Waals surface area contributed by atoms with Gasteiger partial charge in [0.2, 0.25) is 0 Å². The molecule has 0 aromatic rings. The summed E-state index contributed by atoms with van der Waals surface area (Å²) < 4.78 is 5.39. The minimum atomic E-state index is -0.447. The van der Waals surface area contributed by atoms with Gasteiger partial charge in [0.25, 0.3) is 0 Å². The molecule has 18 heavy (non-hydrogen) atoms. The summed E-state index contributed by atoms with van der Waals surface area (Å²) in [6, 6.07) is 0.155. The van der Waals surface area contributed by atoms with E-state index in [-0.39, 0.29) is 12.1 Å². The van der Waals surface area contributed by atoms with Gasteiger partial charge in [0.1, 0.15) is 5.60 Å². The number of carbonyl (C=O) groups excluding carboxylic acids is 1. The van der Waals surface area contributed by atoms with E-state index in [9.17, 15) is 4.79 Å². The Morgan fingerprint density at radius 1 is 1.33 bits per heavy atom. The lowest BCUT2D eigenvalue weighted by Crippen LogP contribution is -2.45. The van der Waals surface area contributed by atoms with Gasteiger partial charge in [0.05, 0.1) is 7.11 Å². The molecule has 1 heterocycles. The van der Waals surface area contributed by atoms with Crippen LogP contribution in [0.25, 0.3) is 0 Å². The summed E-state index contributed by atoms with van der Waals surface area (Å²) in [5.41, 5.74) is -0.447. The molecule has 1 amide bonds. The minimum absolute atomic E-state index is 0.155. The summed E-state index contributed by atoms with van der Waals surface area (Å²) in [6.07, 6.45) is 2.95. The van der Waals surface area contributed by atoms with E-state index in [1.54, 1.807) is 19.1 Å². The fourth-order valence-electron chi connectivity index (χ4n) is 2.05. The quantitative estimate of drug-likeness (QED) is 0.762. The van der Waals surface area contributed by atoms with Gasteiger partial charge in [-0.05, 0) is 40.0 Å². The Morgan fingerprint density at radius 3 is 2.56 bits per heavy atom. The van der Waals surface area contributed by atoms with Crippen molar-refractivity contribution < 1.29 is 14.4 Å². The first-order valence-corrected chi connectivity index (χ1v) is 6.58. The van der Waals surface area contributed by atoms with Crippen LogP contribution in [-0.2, 0) is 9.57 Å². The summed E-state index contributed by atoms with van der Waals surface area (Å²) in [6.45, 7) is 7.31. The zero-order valence-corrected chi connectivity index (χ0v) is 12.2. The van der Waals surface area contributed by atoms with E-state index in [2.05, 4.69) is 0 Å². The van der Waals surface area contributed by atoms with Gasteiger partial charge in [-0.2, -0.15) is 5.06 Å². The van der Waals surface area contributed by atoms with E-state index in [4.69, 9.17) is 9.57 Å². The minimum Gasteiger partial charge on any atom is -0.444 e. The highest BCUT2D eigenvalue weighted by atomic mass is 16.7. The highest BCUT2D eigenvalue weighted by Gasteiger charge is 2.28. The van der Waals surface area contributed by atoms with Crippen molar-refractivity contribution in [2.45, 2.75) is 51.7 Å². The van der Waals surface area contributed by atoms with Crippen molar-refractivity contribution >= 4 is 6.09 Å². The zero-order valence-electron chi connectivity index (χ0n) is 12.2. The topological polar surface area (TPSA) is 42.0 Å². The van der Waals surface area contributed by atoms with Gasteiger partial charge in [-0.15, -0.1) is 0 Å². The Labute approximate surface area is 110 Å². The molecule has 1 aliphatic heterocycles. The molecule has 1 saturated heterocycles. The number of amides is 1. The second kappa shape index (κ2) is 6.38. The van der Waals surface area contributed by atoms with Crippen LogP contribution in [0.15, 0.2) is 0 Å². The Balaban J connectivity index is 2.58. The summed E-state index contributed by atoms with van der Waals surface area (Å²) in [5.74, 6) is 0. The van der Waals surface area contributed by atoms with Crippen molar-refractivity contribution in [3.8, 4) is 0 Å². The van der Waals surface area contributed by atoms with Gasteiger partial charge < -0.3 is 14.5 Å². The molecule has 5 nitrogen and oxygen atoms in total. The molecule has 1 atom stereocenters. The molecule has 1 aliphatic rings. The summed E-state index contributed by atoms with van der Waals surface area (Å²) in [4.78, 5) is 19.0. The van der Waals surface area contributed by atoms with Crippen molar-refractivity contribution in [1.29, 1.82) is 0 Å². The van der Waals surface area contributed by atoms with Crippen molar-refractivity contribution in [2.75, 3.05) is 27.2 Å². The Kier molecular flexibility index (Phi) is 5.41. The summed E-state index contributed by atoms with van der Waals surface area (Å²) >= 11 is 0. The van der Waals surface area contributed by atoms with Crippen LogP contribution in [0, 0.1) is 0 Å². The molecule has 0 bridgehead atoms. The molecule has 0 radical (unpaired) electrons. The Bertz CT molecular complexity index is 276. The summed E-state index contributed by atoms with van der Waals surface area (Å²) in [7, 11) is 3.48. The largest absolute Gasteiger partial charge is 0.444 e. The van der Waals surface area contributed by atoms with E-state index in [1.807, 2.05) is 25.8 Å². The fourth-order valence-corrected chi connectivity index (χ4v) is 2.05. The molecular weight excluding hydrogens is 232 g/mol. The third-order valence-corrected chi connectivity index (χ3v) is 3.10. The zero-order chi connectivity index (χ0) is 13.8. The van der Waals surface area contributed by atoms with Crippen LogP contribution in [0.3, 0.4) is 0 Å². The van der Waals surface area contributed by atoms with Crippen LogP contribution in [-0.4, -0.2) is 54.9 Å². The van der Waals surface area contributed by atoms with Crippen LogP contribution < -0.4 is 0 Å². The molecule has 5 heteroatoms. The molecular formula is C13H26N2O3. The van der Waals surface area contributed by atoms with Crippen molar-refractivity contribution in [2.24, 2.45) is 0 Å². The first-order valence-electron chi connectivity index (χ1n) is 6.58. The second-order valence-corrected chi connectivity index (χ2v) is 5.81. The van der Waals surface area contributed by atoms with E-state index >= 15 is 0 Å². The lowest BCUT2D eigenvalue weighted by Gasteiger charge is -2.31. The highest BCUT2D eigenvalue weighted by Crippen LogP contribution is 2.17. The third-order valence-electron chi connectivity index (χ3n) is 3.10. The van der Waals surface area contributed by atoms with Crippen LogP contribution >= 0.6 is 0 Å². The molecule has 0 aliphatic carbocycles. The molecule has 0 aromatic heterocycles. The van der Waals surface area contributed by atoms with E-state index < -0.39 is 5.60 Å². The first-order chi connectivity index (χ1) is 8.33. The molecule has 106 valence electrons. The molecule has 1 fully saturated rings. The second-order valence-electron chi connectivity index (χ2n) is 5.81. The van der Waals surface area contributed by atoms with Crippen LogP contribution in [0.4, 0.5) is 4.79 Å². The number of nitrogens with zero attached hydrogens (tertiary/aromatic N) is 2. The van der Waals surface area contributed by atoms with Gasteiger partial charge in [0, 0.05) is 26.2 Å². The standard InChI is InChI=1S/C13H26N2O3/c1-13(2,3)18-12(16)14(4)11-8-6-7-9-15(10-11)17-5/h11H,6-10H2,1-5H3. The van der Waals surface area contributed by atoms with Crippen molar-refractivity contribution in [3.63, 3.8) is 0 Å². The number of ether oxygens (including phenoxy) is 1. The molecule has 0 aromatic carbocycles. The predicted octanol–water partition coefficient (Wildman–Crippen LogP) is 2.27. The van der Waals surface area contributed by atoms with Crippen LogP contribution in [0.5, 0.6) is 0 Å². The smallest absolute Gasteiger partial charge is 0.410 e. The molecule has 1 unspecified atom stereocenters. The highest BCUT2D eigenvalue weighted by molar-refractivity contribution is 5.68. The third kappa shape index (κ3) is 4.82. The number of rotatable bonds is 2. The number of carbonyl (C=O) groups is 1. The molecule has 0 N–H and O–H groups in total. The number of likely N-dealkylation sites (N-methyl/N-ethyl adjacent to an activating group) is 1. The molecule has 1 rings (SSSR count). The SMILES string of the molecule is CON1CCCCC(N(C)C(=O)OC(C)(C)C)C1. The normalized spacial score (nSPS) is 22.4. The average Bonchev–Trinajstić information content (AvgIpc) is 2.50. The number of hydrogen-bond acceptors (Lipinski definition) is 4. The van der Waals surface area contributed by atoms with E-state index in [0.717, 1.165) is 32.4 Å². The summed E-state index contributed by atoms with van der Waals surface area (Å²) in [5, 5.41) is 1.92. The maximum absolute atomic E-state index is 12.0.